The minimum absolute atomic E-state index is 0.0377. The van der Waals surface area contributed by atoms with E-state index >= 15 is 0 Å². The molecule has 1 aromatic carbocycles. The topological polar surface area (TPSA) is 73.9 Å². The number of hydrogen-bond donors (Lipinski definition) is 1. The van der Waals surface area contributed by atoms with Gasteiger partial charge in [0.1, 0.15) is 0 Å². The van der Waals surface area contributed by atoms with Gasteiger partial charge in [0.15, 0.2) is 12.2 Å². The number of anilines is 1. The van der Waals surface area contributed by atoms with E-state index in [-0.39, 0.29) is 17.9 Å². The molecule has 1 heterocycles. The summed E-state index contributed by atoms with van der Waals surface area (Å²) in [6, 6.07) is 7.48. The summed E-state index contributed by atoms with van der Waals surface area (Å²) < 4.78 is 16.5. The number of hydrogen-bond acceptors (Lipinski definition) is 5. The number of amides is 1. The van der Waals surface area contributed by atoms with Crippen molar-refractivity contribution in [1.29, 1.82) is 0 Å². The Balaban J connectivity index is 1.88. The third kappa shape index (κ3) is 6.11. The van der Waals surface area contributed by atoms with E-state index in [2.05, 4.69) is 5.32 Å². The molecule has 1 aliphatic rings. The first-order valence-corrected chi connectivity index (χ1v) is 9.18. The summed E-state index contributed by atoms with van der Waals surface area (Å²) in [7, 11) is 0. The Hall–Kier alpha value is -1.92. The molecule has 0 bridgehead atoms. The molecule has 1 amide bonds. The molecular formula is C20H29NO5. The van der Waals surface area contributed by atoms with Gasteiger partial charge in [-0.25, -0.2) is 4.79 Å². The van der Waals surface area contributed by atoms with Crippen molar-refractivity contribution in [1.82, 2.24) is 0 Å². The van der Waals surface area contributed by atoms with Crippen molar-refractivity contribution in [3.63, 3.8) is 0 Å². The van der Waals surface area contributed by atoms with Crippen molar-refractivity contribution in [2.75, 3.05) is 18.5 Å². The number of esters is 1. The van der Waals surface area contributed by atoms with Crippen LogP contribution in [0.5, 0.6) is 0 Å². The Morgan fingerprint density at radius 1 is 1.31 bits per heavy atom. The molecule has 6 nitrogen and oxygen atoms in total. The third-order valence-electron chi connectivity index (χ3n) is 4.28. The second-order valence-electron chi connectivity index (χ2n) is 7.07. The van der Waals surface area contributed by atoms with Gasteiger partial charge in [-0.2, -0.15) is 0 Å². The molecule has 0 aliphatic carbocycles. The minimum Gasteiger partial charge on any atom is -0.450 e. The summed E-state index contributed by atoms with van der Waals surface area (Å²) >= 11 is 0. The van der Waals surface area contributed by atoms with Crippen molar-refractivity contribution >= 4 is 17.6 Å². The van der Waals surface area contributed by atoms with Crippen LogP contribution in [0.3, 0.4) is 0 Å². The molecule has 6 heteroatoms. The lowest BCUT2D eigenvalue weighted by atomic mass is 10.1. The molecule has 1 fully saturated rings. The number of nitrogens with one attached hydrogen (secondary N) is 1. The van der Waals surface area contributed by atoms with E-state index < -0.39 is 18.2 Å². The van der Waals surface area contributed by atoms with E-state index in [0.29, 0.717) is 12.3 Å². The van der Waals surface area contributed by atoms with E-state index in [1.165, 1.54) is 0 Å². The molecular weight excluding hydrogens is 334 g/mol. The standard InChI is InChI=1S/C20H29NO5/c1-13(2)18(19(22)21-16-8-5-7-14(3)11-16)26-20(23)15(4)25-12-17-9-6-10-24-17/h5,7-8,11,13,15,17-18H,6,9-10,12H2,1-4H3,(H,21,22). The van der Waals surface area contributed by atoms with Gasteiger partial charge in [-0.05, 0) is 50.3 Å². The average Bonchev–Trinajstić information content (AvgIpc) is 3.10. The second-order valence-corrected chi connectivity index (χ2v) is 7.07. The number of rotatable bonds is 8. The maximum atomic E-state index is 12.5. The van der Waals surface area contributed by atoms with E-state index in [0.717, 1.165) is 25.0 Å². The van der Waals surface area contributed by atoms with Gasteiger partial charge in [0.2, 0.25) is 0 Å². The van der Waals surface area contributed by atoms with Crippen LogP contribution in [-0.4, -0.2) is 43.4 Å². The van der Waals surface area contributed by atoms with Gasteiger partial charge in [0.25, 0.3) is 5.91 Å². The second kappa shape index (κ2) is 9.69. The quantitative estimate of drug-likeness (QED) is 0.719. The summed E-state index contributed by atoms with van der Waals surface area (Å²) in [5.41, 5.74) is 1.72. The zero-order chi connectivity index (χ0) is 19.1. The maximum Gasteiger partial charge on any atom is 0.335 e. The van der Waals surface area contributed by atoms with Gasteiger partial charge in [-0.3, -0.25) is 4.79 Å². The normalized spacial score (nSPS) is 19.2. The van der Waals surface area contributed by atoms with Crippen LogP contribution in [0.15, 0.2) is 24.3 Å². The first-order chi connectivity index (χ1) is 12.4. The van der Waals surface area contributed by atoms with Crippen molar-refractivity contribution < 1.29 is 23.8 Å². The van der Waals surface area contributed by atoms with Gasteiger partial charge in [0.05, 0.1) is 12.7 Å². The number of ether oxygens (including phenoxy) is 3. The fraction of sp³-hybridized carbons (Fsp3) is 0.600. The summed E-state index contributed by atoms with van der Waals surface area (Å²) in [4.78, 5) is 24.8. The highest BCUT2D eigenvalue weighted by Gasteiger charge is 2.29. The highest BCUT2D eigenvalue weighted by atomic mass is 16.6. The smallest absolute Gasteiger partial charge is 0.335 e. The Morgan fingerprint density at radius 2 is 2.08 bits per heavy atom. The maximum absolute atomic E-state index is 12.5. The first kappa shape index (κ1) is 20.4. The first-order valence-electron chi connectivity index (χ1n) is 9.18. The van der Waals surface area contributed by atoms with Crippen LogP contribution >= 0.6 is 0 Å². The Morgan fingerprint density at radius 3 is 2.69 bits per heavy atom. The number of benzene rings is 1. The monoisotopic (exact) mass is 363 g/mol. The van der Waals surface area contributed by atoms with Crippen molar-refractivity contribution in [3.05, 3.63) is 29.8 Å². The van der Waals surface area contributed by atoms with Crippen molar-refractivity contribution in [3.8, 4) is 0 Å². The largest absolute Gasteiger partial charge is 0.450 e. The fourth-order valence-corrected chi connectivity index (χ4v) is 2.75. The van der Waals surface area contributed by atoms with Gasteiger partial charge >= 0.3 is 5.97 Å². The molecule has 1 aromatic rings. The van der Waals surface area contributed by atoms with Crippen LogP contribution < -0.4 is 5.32 Å². The molecule has 0 aromatic heterocycles. The van der Waals surface area contributed by atoms with E-state index in [1.54, 1.807) is 13.0 Å². The SMILES string of the molecule is Cc1cccc(NC(=O)C(OC(=O)C(C)OCC2CCCO2)C(C)C)c1. The lowest BCUT2D eigenvalue weighted by Crippen LogP contribution is -2.39. The average molecular weight is 363 g/mol. The number of carbonyl (C=O) groups excluding carboxylic acids is 2. The predicted octanol–water partition coefficient (Wildman–Crippen LogP) is 3.09. The fourth-order valence-electron chi connectivity index (χ4n) is 2.75. The van der Waals surface area contributed by atoms with Gasteiger partial charge in [-0.1, -0.05) is 26.0 Å². The molecule has 2 rings (SSSR count). The molecule has 0 radical (unpaired) electrons. The Kier molecular flexibility index (Phi) is 7.60. The lowest BCUT2D eigenvalue weighted by molar-refractivity contribution is -0.168. The molecule has 1 N–H and O–H groups in total. The molecule has 0 spiro atoms. The third-order valence-corrected chi connectivity index (χ3v) is 4.28. The number of aryl methyl sites for hydroxylation is 1. The molecule has 1 aliphatic heterocycles. The van der Waals surface area contributed by atoms with Gasteiger partial charge in [-0.15, -0.1) is 0 Å². The predicted molar refractivity (Wildman–Crippen MR) is 98.9 cm³/mol. The van der Waals surface area contributed by atoms with E-state index in [4.69, 9.17) is 14.2 Å². The van der Waals surface area contributed by atoms with Crippen LogP contribution in [0.2, 0.25) is 0 Å². The van der Waals surface area contributed by atoms with Crippen molar-refractivity contribution in [2.24, 2.45) is 5.92 Å². The highest BCUT2D eigenvalue weighted by Crippen LogP contribution is 2.16. The number of carbonyl (C=O) groups is 2. The molecule has 0 saturated carbocycles. The summed E-state index contributed by atoms with van der Waals surface area (Å²) in [5, 5.41) is 2.81. The van der Waals surface area contributed by atoms with Crippen LogP contribution in [-0.2, 0) is 23.8 Å². The summed E-state index contributed by atoms with van der Waals surface area (Å²) in [5.74, 6) is -1.04. The zero-order valence-electron chi connectivity index (χ0n) is 16.0. The molecule has 144 valence electrons. The summed E-state index contributed by atoms with van der Waals surface area (Å²) in [6.45, 7) is 8.35. The van der Waals surface area contributed by atoms with E-state index in [1.807, 2.05) is 39.0 Å². The zero-order valence-corrected chi connectivity index (χ0v) is 16.0. The molecule has 26 heavy (non-hydrogen) atoms. The molecule has 3 unspecified atom stereocenters. The molecule has 1 saturated heterocycles. The van der Waals surface area contributed by atoms with Crippen LogP contribution in [0.1, 0.15) is 39.2 Å². The lowest BCUT2D eigenvalue weighted by Gasteiger charge is -2.23. The van der Waals surface area contributed by atoms with Crippen LogP contribution in [0.4, 0.5) is 5.69 Å². The summed E-state index contributed by atoms with van der Waals surface area (Å²) in [6.07, 6.45) is 0.372. The van der Waals surface area contributed by atoms with Gasteiger partial charge in [0, 0.05) is 12.3 Å². The Labute approximate surface area is 155 Å². The minimum atomic E-state index is -0.878. The van der Waals surface area contributed by atoms with E-state index in [9.17, 15) is 9.59 Å². The van der Waals surface area contributed by atoms with Gasteiger partial charge < -0.3 is 19.5 Å². The Bertz CT molecular complexity index is 610. The molecule has 3 atom stereocenters. The van der Waals surface area contributed by atoms with Crippen LogP contribution in [0.25, 0.3) is 0 Å². The highest BCUT2D eigenvalue weighted by molar-refractivity contribution is 5.95. The van der Waals surface area contributed by atoms with Crippen molar-refractivity contribution in [2.45, 2.75) is 58.8 Å². The van der Waals surface area contributed by atoms with Crippen LogP contribution in [0, 0.1) is 12.8 Å².